The summed E-state index contributed by atoms with van der Waals surface area (Å²) in [6.45, 7) is 0. The van der Waals surface area contributed by atoms with E-state index in [0.717, 1.165) is 21.3 Å². The topological polar surface area (TPSA) is 12.4 Å². The maximum absolute atomic E-state index is 13.7. The number of nitrogens with zero attached hydrogens (tertiary/aromatic N) is 1. The van der Waals surface area contributed by atoms with Gasteiger partial charge in [0, 0.05) is 22.0 Å². The maximum atomic E-state index is 13.7. The minimum Gasteiger partial charge on any atom is -0.247 e. The van der Waals surface area contributed by atoms with Gasteiger partial charge in [-0.25, -0.2) is 13.8 Å². The van der Waals surface area contributed by atoms with Crippen LogP contribution in [0.4, 0.5) is 14.5 Å². The molecule has 130 valence electrons. The Morgan fingerprint density at radius 2 is 1.42 bits per heavy atom. The fraction of sp³-hybridized carbons (Fsp3) is 0.136. The lowest BCUT2D eigenvalue weighted by atomic mass is 10.0. The van der Waals surface area contributed by atoms with Gasteiger partial charge in [-0.05, 0) is 17.7 Å². The van der Waals surface area contributed by atoms with Crippen LogP contribution < -0.4 is 0 Å². The lowest BCUT2D eigenvalue weighted by molar-refractivity contribution is 0.112. The van der Waals surface area contributed by atoms with E-state index in [0.29, 0.717) is 11.3 Å². The van der Waals surface area contributed by atoms with Crippen LogP contribution in [0.2, 0.25) is 0 Å². The zero-order valence-electron chi connectivity index (χ0n) is 13.9. The van der Waals surface area contributed by atoms with E-state index in [1.807, 2.05) is 66.7 Å². The quantitative estimate of drug-likeness (QED) is 0.421. The first-order chi connectivity index (χ1) is 12.5. The SMILES string of the molecule is FC1(F)CC1c1ccc(Br)cc1N=C(c1ccccc1)c1ccccc1. The van der Waals surface area contributed by atoms with Gasteiger partial charge in [0.1, 0.15) is 0 Å². The number of rotatable bonds is 4. The molecule has 0 bridgehead atoms. The molecule has 1 saturated carbocycles. The molecule has 3 aromatic rings. The Kier molecular flexibility index (Phi) is 4.45. The smallest absolute Gasteiger partial charge is 0.247 e. The van der Waals surface area contributed by atoms with Crippen molar-refractivity contribution in [1.29, 1.82) is 0 Å². The van der Waals surface area contributed by atoms with E-state index in [2.05, 4.69) is 15.9 Å². The molecule has 0 spiro atoms. The van der Waals surface area contributed by atoms with E-state index in [-0.39, 0.29) is 6.42 Å². The summed E-state index contributed by atoms with van der Waals surface area (Å²) in [6.07, 6.45) is -0.108. The molecule has 0 aromatic heterocycles. The first-order valence-corrected chi connectivity index (χ1v) is 9.21. The Labute approximate surface area is 159 Å². The summed E-state index contributed by atoms with van der Waals surface area (Å²) in [7, 11) is 0. The minimum absolute atomic E-state index is 0.108. The van der Waals surface area contributed by atoms with Gasteiger partial charge >= 0.3 is 0 Å². The molecule has 0 amide bonds. The molecule has 1 atom stereocenters. The number of hydrogen-bond acceptors (Lipinski definition) is 1. The Morgan fingerprint density at radius 3 is 1.92 bits per heavy atom. The summed E-state index contributed by atoms with van der Waals surface area (Å²) < 4.78 is 28.2. The van der Waals surface area contributed by atoms with Gasteiger partial charge in [0.25, 0.3) is 5.92 Å². The third kappa shape index (κ3) is 3.47. The van der Waals surface area contributed by atoms with Crippen molar-refractivity contribution in [2.24, 2.45) is 4.99 Å². The molecule has 0 radical (unpaired) electrons. The average Bonchev–Trinajstić information content (AvgIpc) is 3.29. The van der Waals surface area contributed by atoms with Crippen LogP contribution >= 0.6 is 15.9 Å². The second-order valence-corrected chi connectivity index (χ2v) is 7.33. The molecule has 1 aliphatic carbocycles. The van der Waals surface area contributed by atoms with E-state index in [4.69, 9.17) is 4.99 Å². The third-order valence-electron chi connectivity index (χ3n) is 4.52. The van der Waals surface area contributed by atoms with E-state index >= 15 is 0 Å². The van der Waals surface area contributed by atoms with Crippen LogP contribution in [0.15, 0.2) is 88.3 Å². The molecule has 1 unspecified atom stereocenters. The van der Waals surface area contributed by atoms with E-state index in [9.17, 15) is 8.78 Å². The standard InChI is InChI=1S/C22H16BrF2N/c23-17-11-12-18(19-14-22(19,24)25)20(13-17)26-21(15-7-3-1-4-8-15)16-9-5-2-6-10-16/h1-13,19H,14H2. The zero-order valence-corrected chi connectivity index (χ0v) is 15.5. The Hall–Kier alpha value is -2.33. The number of aliphatic imine (C=N–C) groups is 1. The molecule has 4 rings (SSSR count). The highest BCUT2D eigenvalue weighted by Crippen LogP contribution is 2.57. The predicted molar refractivity (Wildman–Crippen MR) is 105 cm³/mol. The van der Waals surface area contributed by atoms with Crippen LogP contribution in [0.5, 0.6) is 0 Å². The highest BCUT2D eigenvalue weighted by Gasteiger charge is 2.58. The largest absolute Gasteiger partial charge is 0.256 e. The molecule has 0 N–H and O–H groups in total. The first kappa shape index (κ1) is 17.1. The number of hydrogen-bond donors (Lipinski definition) is 0. The highest BCUT2D eigenvalue weighted by molar-refractivity contribution is 9.10. The van der Waals surface area contributed by atoms with Gasteiger partial charge < -0.3 is 0 Å². The molecule has 0 saturated heterocycles. The minimum atomic E-state index is -2.63. The molecular weight excluding hydrogens is 396 g/mol. The van der Waals surface area contributed by atoms with Crippen molar-refractivity contribution in [2.75, 3.05) is 0 Å². The Morgan fingerprint density at radius 1 is 0.885 bits per heavy atom. The van der Waals surface area contributed by atoms with Crippen molar-refractivity contribution in [1.82, 2.24) is 0 Å². The molecule has 0 aliphatic heterocycles. The summed E-state index contributed by atoms with van der Waals surface area (Å²) in [5, 5.41) is 0. The van der Waals surface area contributed by atoms with Crippen molar-refractivity contribution in [2.45, 2.75) is 18.3 Å². The second kappa shape index (κ2) is 6.76. The molecule has 0 heterocycles. The second-order valence-electron chi connectivity index (χ2n) is 6.41. The summed E-state index contributed by atoms with van der Waals surface area (Å²) in [5.74, 6) is -3.38. The number of benzene rings is 3. The predicted octanol–water partition coefficient (Wildman–Crippen LogP) is 6.74. The summed E-state index contributed by atoms with van der Waals surface area (Å²) >= 11 is 3.44. The van der Waals surface area contributed by atoms with Gasteiger partial charge in [0.05, 0.1) is 17.3 Å². The third-order valence-corrected chi connectivity index (χ3v) is 5.01. The Balaban J connectivity index is 1.87. The van der Waals surface area contributed by atoms with Crippen molar-refractivity contribution in [3.63, 3.8) is 0 Å². The normalized spacial score (nSPS) is 17.6. The van der Waals surface area contributed by atoms with E-state index in [1.54, 1.807) is 12.1 Å². The van der Waals surface area contributed by atoms with Gasteiger partial charge in [-0.2, -0.15) is 0 Å². The molecular formula is C22H16BrF2N. The van der Waals surface area contributed by atoms with Gasteiger partial charge in [0.2, 0.25) is 0 Å². The summed E-state index contributed by atoms with van der Waals surface area (Å²) in [5.41, 5.74) is 3.86. The van der Waals surface area contributed by atoms with Gasteiger partial charge in [-0.1, -0.05) is 82.7 Å². The van der Waals surface area contributed by atoms with Crippen molar-refractivity contribution in [3.8, 4) is 0 Å². The monoisotopic (exact) mass is 411 g/mol. The fourth-order valence-electron chi connectivity index (χ4n) is 3.07. The van der Waals surface area contributed by atoms with Crippen molar-refractivity contribution < 1.29 is 8.78 Å². The molecule has 4 heteroatoms. The van der Waals surface area contributed by atoms with Crippen molar-refractivity contribution in [3.05, 3.63) is 100 Å². The van der Waals surface area contributed by atoms with Gasteiger partial charge in [-0.15, -0.1) is 0 Å². The molecule has 1 aliphatic rings. The lowest BCUT2D eigenvalue weighted by Gasteiger charge is -2.11. The lowest BCUT2D eigenvalue weighted by Crippen LogP contribution is -2.03. The maximum Gasteiger partial charge on any atom is 0.256 e. The van der Waals surface area contributed by atoms with Crippen LogP contribution in [0.25, 0.3) is 0 Å². The van der Waals surface area contributed by atoms with Crippen molar-refractivity contribution >= 4 is 27.3 Å². The van der Waals surface area contributed by atoms with Crippen LogP contribution in [-0.2, 0) is 0 Å². The van der Waals surface area contributed by atoms with Crippen LogP contribution in [0, 0.1) is 0 Å². The summed E-state index contributed by atoms with van der Waals surface area (Å²) in [4.78, 5) is 4.84. The zero-order chi connectivity index (χ0) is 18.1. The van der Waals surface area contributed by atoms with Crippen LogP contribution in [0.1, 0.15) is 29.0 Å². The van der Waals surface area contributed by atoms with E-state index in [1.165, 1.54) is 0 Å². The summed E-state index contributed by atoms with van der Waals surface area (Å²) in [6, 6.07) is 25.0. The molecule has 1 nitrogen and oxygen atoms in total. The van der Waals surface area contributed by atoms with Gasteiger partial charge in [-0.3, -0.25) is 0 Å². The Bertz CT molecular complexity index is 911. The van der Waals surface area contributed by atoms with E-state index < -0.39 is 11.8 Å². The number of alkyl halides is 2. The molecule has 1 fully saturated rings. The average molecular weight is 412 g/mol. The van der Waals surface area contributed by atoms with Crippen LogP contribution in [-0.4, -0.2) is 11.6 Å². The molecule has 26 heavy (non-hydrogen) atoms. The first-order valence-electron chi connectivity index (χ1n) is 8.41. The number of halogens is 3. The molecule has 3 aromatic carbocycles. The fourth-order valence-corrected chi connectivity index (χ4v) is 3.42. The highest BCUT2D eigenvalue weighted by atomic mass is 79.9. The van der Waals surface area contributed by atoms with Crippen LogP contribution in [0.3, 0.4) is 0 Å². The van der Waals surface area contributed by atoms with Gasteiger partial charge in [0.15, 0.2) is 0 Å².